The number of rotatable bonds is 9. The largest absolute Gasteiger partial charge is 0.506 e. The van der Waals surface area contributed by atoms with Crippen LogP contribution >= 0.6 is 11.8 Å². The van der Waals surface area contributed by atoms with Crippen molar-refractivity contribution in [2.75, 3.05) is 14.2 Å². The predicted molar refractivity (Wildman–Crippen MR) is 140 cm³/mol. The third-order valence-corrected chi connectivity index (χ3v) is 6.15. The van der Waals surface area contributed by atoms with E-state index in [1.165, 1.54) is 0 Å². The van der Waals surface area contributed by atoms with Crippen molar-refractivity contribution in [1.82, 2.24) is 9.97 Å². The van der Waals surface area contributed by atoms with Gasteiger partial charge in [0.2, 0.25) is 0 Å². The number of H-pyrrole nitrogens is 1. The predicted octanol–water partition coefficient (Wildman–Crippen LogP) is 6.71. The van der Waals surface area contributed by atoms with Crippen LogP contribution in [0, 0.1) is 0 Å². The number of benzene rings is 1. The van der Waals surface area contributed by atoms with Gasteiger partial charge in [-0.25, -0.2) is 4.98 Å². The van der Waals surface area contributed by atoms with Gasteiger partial charge in [-0.05, 0) is 49.1 Å². The molecule has 2 aromatic heterocycles. The van der Waals surface area contributed by atoms with Crippen LogP contribution in [0.5, 0.6) is 17.2 Å². The number of pyridine rings is 2. The Balaban J connectivity index is 0.00000199. The van der Waals surface area contributed by atoms with E-state index < -0.39 is 0 Å². The van der Waals surface area contributed by atoms with Crippen LogP contribution in [0.1, 0.15) is 51.8 Å². The summed E-state index contributed by atoms with van der Waals surface area (Å²) in [5.74, 6) is 0.979. The third kappa shape index (κ3) is 6.03. The molecule has 0 unspecified atom stereocenters. The monoisotopic (exact) mass is 482 g/mol. The Morgan fingerprint density at radius 3 is 2.26 bits per heavy atom. The minimum Gasteiger partial charge on any atom is -0.506 e. The SMILES string of the molecule is C=C(C)c1ccc(Sc2c(O)c(-c3c(OC)cccc3OC)c(CCCC)[nH]c2=O)nc1.CC. The van der Waals surface area contributed by atoms with E-state index in [4.69, 9.17) is 9.47 Å². The summed E-state index contributed by atoms with van der Waals surface area (Å²) in [6.45, 7) is 11.9. The summed E-state index contributed by atoms with van der Waals surface area (Å²) in [6, 6.07) is 9.12. The number of nitrogens with zero attached hydrogens (tertiary/aromatic N) is 1. The molecule has 2 heterocycles. The zero-order chi connectivity index (χ0) is 25.3. The van der Waals surface area contributed by atoms with Crippen LogP contribution in [0.2, 0.25) is 0 Å². The molecule has 0 saturated carbocycles. The topological polar surface area (TPSA) is 84.4 Å². The van der Waals surface area contributed by atoms with E-state index in [-0.39, 0.29) is 16.2 Å². The van der Waals surface area contributed by atoms with Crippen LogP contribution in [-0.2, 0) is 6.42 Å². The van der Waals surface area contributed by atoms with Crippen molar-refractivity contribution in [3.8, 4) is 28.4 Å². The normalized spacial score (nSPS) is 10.3. The Morgan fingerprint density at radius 2 is 1.76 bits per heavy atom. The average Bonchev–Trinajstić information content (AvgIpc) is 2.86. The lowest BCUT2D eigenvalue weighted by Gasteiger charge is -2.19. The fourth-order valence-electron chi connectivity index (χ4n) is 3.42. The van der Waals surface area contributed by atoms with Gasteiger partial charge in [0.1, 0.15) is 27.2 Å². The van der Waals surface area contributed by atoms with E-state index >= 15 is 0 Å². The average molecular weight is 483 g/mol. The number of aryl methyl sites for hydroxylation is 1. The Hall–Kier alpha value is -3.19. The number of methoxy groups -OCH3 is 2. The van der Waals surface area contributed by atoms with Gasteiger partial charge in [-0.3, -0.25) is 4.79 Å². The first-order valence-electron chi connectivity index (χ1n) is 11.4. The Morgan fingerprint density at radius 1 is 1.12 bits per heavy atom. The van der Waals surface area contributed by atoms with Gasteiger partial charge in [0, 0.05) is 11.9 Å². The van der Waals surface area contributed by atoms with E-state index in [2.05, 4.69) is 23.5 Å². The number of ether oxygens (including phenoxy) is 2. The van der Waals surface area contributed by atoms with Gasteiger partial charge in [0.05, 0.1) is 25.3 Å². The second kappa shape index (κ2) is 12.9. The van der Waals surface area contributed by atoms with Crippen LogP contribution in [0.25, 0.3) is 16.7 Å². The van der Waals surface area contributed by atoms with Gasteiger partial charge in [-0.2, -0.15) is 0 Å². The van der Waals surface area contributed by atoms with Gasteiger partial charge in [-0.1, -0.05) is 57.7 Å². The highest BCUT2D eigenvalue weighted by Gasteiger charge is 2.25. The van der Waals surface area contributed by atoms with Crippen molar-refractivity contribution in [3.05, 3.63) is 64.7 Å². The number of aromatic amines is 1. The summed E-state index contributed by atoms with van der Waals surface area (Å²) < 4.78 is 11.1. The lowest BCUT2D eigenvalue weighted by molar-refractivity contribution is 0.396. The van der Waals surface area contributed by atoms with Crippen molar-refractivity contribution in [2.45, 2.75) is 56.9 Å². The number of hydrogen-bond acceptors (Lipinski definition) is 6. The smallest absolute Gasteiger partial charge is 0.266 e. The van der Waals surface area contributed by atoms with Crippen LogP contribution in [0.3, 0.4) is 0 Å². The zero-order valence-electron chi connectivity index (χ0n) is 20.8. The van der Waals surface area contributed by atoms with Crippen LogP contribution in [-0.4, -0.2) is 29.3 Å². The molecule has 34 heavy (non-hydrogen) atoms. The van der Waals surface area contributed by atoms with Crippen molar-refractivity contribution in [1.29, 1.82) is 0 Å². The minimum atomic E-state index is -0.359. The molecule has 2 N–H and O–H groups in total. The molecule has 0 fully saturated rings. The van der Waals surface area contributed by atoms with Crippen molar-refractivity contribution >= 4 is 17.3 Å². The standard InChI is InChI=1S/C25H28N2O4S.C2H6/c1-6-7-9-17-21(22-18(30-4)10-8-11-19(22)31-5)23(28)24(25(29)27-17)32-20-13-12-16(14-26-20)15(2)3;1-2/h8,10-14H,2,6-7,9H2,1,3-5H3,(H2,27,28,29);1-2H3. The Bertz CT molecular complexity index is 1150. The van der Waals surface area contributed by atoms with E-state index in [0.29, 0.717) is 39.8 Å². The maximum atomic E-state index is 13.0. The molecule has 0 bridgehead atoms. The Labute approximate surface area is 206 Å². The van der Waals surface area contributed by atoms with Crippen molar-refractivity contribution in [2.24, 2.45) is 0 Å². The van der Waals surface area contributed by atoms with Gasteiger partial charge in [0.25, 0.3) is 5.56 Å². The van der Waals surface area contributed by atoms with Crippen molar-refractivity contribution in [3.63, 3.8) is 0 Å². The zero-order valence-corrected chi connectivity index (χ0v) is 21.6. The summed E-state index contributed by atoms with van der Waals surface area (Å²) in [7, 11) is 3.13. The molecule has 6 nitrogen and oxygen atoms in total. The van der Waals surface area contributed by atoms with Crippen LogP contribution in [0.15, 0.2) is 57.8 Å². The molecule has 3 rings (SSSR count). The maximum absolute atomic E-state index is 13.0. The molecule has 0 amide bonds. The second-order valence-corrected chi connectivity index (χ2v) is 8.42. The highest BCUT2D eigenvalue weighted by Crippen LogP contribution is 2.47. The number of nitrogens with one attached hydrogen (secondary N) is 1. The van der Waals surface area contributed by atoms with E-state index in [1.54, 1.807) is 32.5 Å². The molecule has 182 valence electrons. The van der Waals surface area contributed by atoms with E-state index in [0.717, 1.165) is 35.7 Å². The fourth-order valence-corrected chi connectivity index (χ4v) is 4.21. The van der Waals surface area contributed by atoms with Gasteiger partial charge < -0.3 is 19.6 Å². The summed E-state index contributed by atoms with van der Waals surface area (Å²) in [4.78, 5) is 20.5. The lowest BCUT2D eigenvalue weighted by Crippen LogP contribution is -2.14. The maximum Gasteiger partial charge on any atom is 0.266 e. The highest BCUT2D eigenvalue weighted by atomic mass is 32.2. The molecule has 0 spiro atoms. The molecular weight excluding hydrogens is 448 g/mol. The quantitative estimate of drug-likeness (QED) is 0.352. The molecule has 7 heteroatoms. The second-order valence-electron chi connectivity index (χ2n) is 7.39. The summed E-state index contributed by atoms with van der Waals surface area (Å²) in [6.07, 6.45) is 4.11. The highest BCUT2D eigenvalue weighted by molar-refractivity contribution is 7.99. The van der Waals surface area contributed by atoms with Crippen LogP contribution in [0.4, 0.5) is 0 Å². The summed E-state index contributed by atoms with van der Waals surface area (Å²) in [5.41, 5.74) is 3.22. The summed E-state index contributed by atoms with van der Waals surface area (Å²) >= 11 is 1.11. The van der Waals surface area contributed by atoms with E-state index in [1.807, 2.05) is 39.0 Å². The number of aromatic hydroxyl groups is 1. The molecular formula is C27H34N2O4S. The number of allylic oxidation sites excluding steroid dienone is 1. The van der Waals surface area contributed by atoms with Crippen LogP contribution < -0.4 is 15.0 Å². The number of aromatic nitrogens is 2. The molecule has 0 radical (unpaired) electrons. The molecule has 0 aliphatic carbocycles. The molecule has 0 aliphatic rings. The minimum absolute atomic E-state index is 0.113. The third-order valence-electron chi connectivity index (χ3n) is 5.12. The molecule has 3 aromatic rings. The Kier molecular flexibility index (Phi) is 10.3. The van der Waals surface area contributed by atoms with Crippen molar-refractivity contribution < 1.29 is 14.6 Å². The first-order chi connectivity index (χ1) is 16.4. The number of hydrogen-bond donors (Lipinski definition) is 2. The molecule has 0 atom stereocenters. The molecule has 1 aromatic carbocycles. The summed E-state index contributed by atoms with van der Waals surface area (Å²) in [5, 5.41) is 11.9. The lowest BCUT2D eigenvalue weighted by atomic mass is 9.98. The fraction of sp³-hybridized carbons (Fsp3) is 0.333. The van der Waals surface area contributed by atoms with E-state index in [9.17, 15) is 9.90 Å². The van der Waals surface area contributed by atoms with Gasteiger partial charge >= 0.3 is 0 Å². The first kappa shape index (κ1) is 27.1. The van der Waals surface area contributed by atoms with Gasteiger partial charge in [0.15, 0.2) is 0 Å². The molecule has 0 saturated heterocycles. The van der Waals surface area contributed by atoms with Gasteiger partial charge in [-0.15, -0.1) is 0 Å². The number of unbranched alkanes of at least 4 members (excludes halogenated alkanes) is 1. The first-order valence-corrected chi connectivity index (χ1v) is 12.2. The molecule has 0 aliphatic heterocycles.